The molecule has 0 unspecified atom stereocenters. The van der Waals surface area contributed by atoms with E-state index in [4.69, 9.17) is 4.74 Å². The zero-order chi connectivity index (χ0) is 17.2. The SMILES string of the molecule is FC(F)(F)c1ccccc1Oc1cc(Br)cnc1Nc1ncns1. The highest BCUT2D eigenvalue weighted by molar-refractivity contribution is 9.10. The number of benzene rings is 1. The minimum absolute atomic E-state index is 0.122. The highest BCUT2D eigenvalue weighted by Gasteiger charge is 2.34. The molecule has 0 fully saturated rings. The molecule has 0 saturated carbocycles. The maximum absolute atomic E-state index is 13.1. The first-order chi connectivity index (χ1) is 11.4. The first-order valence-corrected chi connectivity index (χ1v) is 8.03. The van der Waals surface area contributed by atoms with Gasteiger partial charge >= 0.3 is 6.18 Å². The fraction of sp³-hybridized carbons (Fsp3) is 0.0714. The van der Waals surface area contributed by atoms with E-state index in [1.54, 1.807) is 0 Å². The molecule has 2 heterocycles. The number of rotatable bonds is 4. The molecule has 0 aliphatic heterocycles. The molecule has 0 atom stereocenters. The topological polar surface area (TPSA) is 59.9 Å². The van der Waals surface area contributed by atoms with Crippen LogP contribution >= 0.6 is 27.5 Å². The monoisotopic (exact) mass is 416 g/mol. The van der Waals surface area contributed by atoms with Crippen molar-refractivity contribution in [2.24, 2.45) is 0 Å². The van der Waals surface area contributed by atoms with E-state index in [-0.39, 0.29) is 17.3 Å². The van der Waals surface area contributed by atoms with Gasteiger partial charge in [0.15, 0.2) is 11.6 Å². The van der Waals surface area contributed by atoms with Gasteiger partial charge in [-0.3, -0.25) is 0 Å². The van der Waals surface area contributed by atoms with Crippen molar-refractivity contribution in [3.8, 4) is 11.5 Å². The van der Waals surface area contributed by atoms with Crippen LogP contribution < -0.4 is 10.1 Å². The summed E-state index contributed by atoms with van der Waals surface area (Å²) in [7, 11) is 0. The maximum atomic E-state index is 13.1. The predicted molar refractivity (Wildman–Crippen MR) is 86.6 cm³/mol. The summed E-state index contributed by atoms with van der Waals surface area (Å²) in [6.07, 6.45) is -1.68. The van der Waals surface area contributed by atoms with Crippen molar-refractivity contribution in [3.63, 3.8) is 0 Å². The third kappa shape index (κ3) is 3.82. The second-order valence-electron chi connectivity index (χ2n) is 4.47. The van der Waals surface area contributed by atoms with Gasteiger partial charge in [0.1, 0.15) is 12.1 Å². The van der Waals surface area contributed by atoms with Crippen molar-refractivity contribution in [1.82, 2.24) is 14.3 Å². The van der Waals surface area contributed by atoms with E-state index in [0.717, 1.165) is 17.6 Å². The standard InChI is InChI=1S/C14H8BrF3N4OS/c15-8-5-11(12(19-6-8)22-13-20-7-21-24-13)23-10-4-2-1-3-9(10)14(16,17)18/h1-7H,(H,19,20,21,22). The lowest BCUT2D eigenvalue weighted by Crippen LogP contribution is -2.07. The molecule has 3 aromatic rings. The van der Waals surface area contributed by atoms with Gasteiger partial charge in [-0.25, -0.2) is 9.97 Å². The second kappa shape index (κ2) is 6.73. The first-order valence-electron chi connectivity index (χ1n) is 6.47. The van der Waals surface area contributed by atoms with Crippen LogP contribution in [0.25, 0.3) is 0 Å². The molecular formula is C14H8BrF3N4OS. The Balaban J connectivity index is 1.97. The smallest absolute Gasteiger partial charge is 0.419 e. The third-order valence-corrected chi connectivity index (χ3v) is 3.83. The minimum Gasteiger partial charge on any atom is -0.453 e. The largest absolute Gasteiger partial charge is 0.453 e. The van der Waals surface area contributed by atoms with Gasteiger partial charge in [-0.1, -0.05) is 12.1 Å². The van der Waals surface area contributed by atoms with Crippen molar-refractivity contribution in [2.75, 3.05) is 5.32 Å². The van der Waals surface area contributed by atoms with Gasteiger partial charge in [0.05, 0.1) is 5.56 Å². The van der Waals surface area contributed by atoms with Crippen LogP contribution in [0, 0.1) is 0 Å². The fourth-order valence-corrected chi connectivity index (χ4v) is 2.57. The van der Waals surface area contributed by atoms with Gasteiger partial charge in [-0.15, -0.1) is 0 Å². The summed E-state index contributed by atoms with van der Waals surface area (Å²) in [6.45, 7) is 0. The molecule has 124 valence electrons. The van der Waals surface area contributed by atoms with E-state index in [0.29, 0.717) is 9.60 Å². The molecule has 1 aromatic carbocycles. The lowest BCUT2D eigenvalue weighted by atomic mass is 10.2. The zero-order valence-corrected chi connectivity index (χ0v) is 14.1. The molecule has 0 saturated heterocycles. The van der Waals surface area contributed by atoms with Crippen LogP contribution in [0.5, 0.6) is 11.5 Å². The van der Waals surface area contributed by atoms with Gasteiger partial charge in [-0.2, -0.15) is 17.5 Å². The number of hydrogen-bond acceptors (Lipinski definition) is 6. The molecule has 0 bridgehead atoms. The van der Waals surface area contributed by atoms with Crippen LogP contribution in [0.2, 0.25) is 0 Å². The highest BCUT2D eigenvalue weighted by Crippen LogP contribution is 2.40. The van der Waals surface area contributed by atoms with E-state index in [1.165, 1.54) is 36.8 Å². The fourth-order valence-electron chi connectivity index (χ4n) is 1.83. The predicted octanol–water partition coefficient (Wildman–Crippen LogP) is 5.25. The summed E-state index contributed by atoms with van der Waals surface area (Å²) in [5, 5.41) is 3.31. The number of aromatic nitrogens is 3. The Hall–Kier alpha value is -2.20. The van der Waals surface area contributed by atoms with Crippen molar-refractivity contribution < 1.29 is 17.9 Å². The van der Waals surface area contributed by atoms with Gasteiger partial charge in [0.25, 0.3) is 0 Å². The van der Waals surface area contributed by atoms with Crippen molar-refractivity contribution in [2.45, 2.75) is 6.18 Å². The quantitative estimate of drug-likeness (QED) is 0.629. The summed E-state index contributed by atoms with van der Waals surface area (Å²) < 4.78 is 49.2. The van der Waals surface area contributed by atoms with Crippen molar-refractivity contribution in [1.29, 1.82) is 0 Å². The van der Waals surface area contributed by atoms with E-state index in [9.17, 15) is 13.2 Å². The van der Waals surface area contributed by atoms with E-state index in [2.05, 4.69) is 35.6 Å². The number of anilines is 2. The summed E-state index contributed by atoms with van der Waals surface area (Å²) in [5.41, 5.74) is -0.869. The molecule has 0 aliphatic rings. The van der Waals surface area contributed by atoms with Crippen LogP contribution in [0.15, 0.2) is 47.3 Å². The Kier molecular flexibility index (Phi) is 4.67. The zero-order valence-electron chi connectivity index (χ0n) is 11.7. The van der Waals surface area contributed by atoms with E-state index < -0.39 is 11.7 Å². The molecular weight excluding hydrogens is 409 g/mol. The lowest BCUT2D eigenvalue weighted by Gasteiger charge is -2.15. The molecule has 0 aliphatic carbocycles. The molecule has 5 nitrogen and oxygen atoms in total. The summed E-state index contributed by atoms with van der Waals surface area (Å²) >= 11 is 4.31. The summed E-state index contributed by atoms with van der Waals surface area (Å²) in [4.78, 5) is 8.06. The molecule has 0 spiro atoms. The number of pyridine rings is 1. The second-order valence-corrected chi connectivity index (χ2v) is 6.16. The van der Waals surface area contributed by atoms with Gasteiger partial charge < -0.3 is 10.1 Å². The summed E-state index contributed by atoms with van der Waals surface area (Å²) in [6, 6.07) is 6.49. The van der Waals surface area contributed by atoms with Gasteiger partial charge in [-0.05, 0) is 28.1 Å². The van der Waals surface area contributed by atoms with Crippen LogP contribution in [-0.4, -0.2) is 14.3 Å². The number of ether oxygens (including phenoxy) is 1. The first kappa shape index (κ1) is 16.7. The van der Waals surface area contributed by atoms with E-state index in [1.807, 2.05) is 0 Å². The van der Waals surface area contributed by atoms with Crippen LogP contribution in [0.4, 0.5) is 24.1 Å². The summed E-state index contributed by atoms with van der Waals surface area (Å²) in [5.74, 6) is 0.0356. The molecule has 0 radical (unpaired) electrons. The molecule has 0 amide bonds. The Morgan fingerprint density at radius 3 is 2.62 bits per heavy atom. The number of alkyl halides is 3. The van der Waals surface area contributed by atoms with E-state index >= 15 is 0 Å². The number of nitrogens with zero attached hydrogens (tertiary/aromatic N) is 3. The number of nitrogens with one attached hydrogen (secondary N) is 1. The molecule has 3 rings (SSSR count). The average Bonchev–Trinajstić information content (AvgIpc) is 3.02. The molecule has 24 heavy (non-hydrogen) atoms. The Morgan fingerprint density at radius 1 is 1.12 bits per heavy atom. The van der Waals surface area contributed by atoms with Gasteiger partial charge in [0, 0.05) is 28.3 Å². The Morgan fingerprint density at radius 2 is 1.92 bits per heavy atom. The van der Waals surface area contributed by atoms with Crippen LogP contribution in [0.3, 0.4) is 0 Å². The third-order valence-electron chi connectivity index (χ3n) is 2.82. The maximum Gasteiger partial charge on any atom is 0.419 e. The lowest BCUT2D eigenvalue weighted by molar-refractivity contribution is -0.138. The van der Waals surface area contributed by atoms with Crippen LogP contribution in [0.1, 0.15) is 5.56 Å². The average molecular weight is 417 g/mol. The van der Waals surface area contributed by atoms with Gasteiger partial charge in [0.2, 0.25) is 5.13 Å². The van der Waals surface area contributed by atoms with Crippen LogP contribution in [-0.2, 0) is 6.18 Å². The normalized spacial score (nSPS) is 11.3. The molecule has 2 aromatic heterocycles. The Labute approximate surface area is 146 Å². The molecule has 10 heteroatoms. The number of para-hydroxylation sites is 1. The highest BCUT2D eigenvalue weighted by atomic mass is 79.9. The number of halogens is 4. The number of hydrogen-bond donors (Lipinski definition) is 1. The molecule has 1 N–H and O–H groups in total. The minimum atomic E-state index is -4.52. The van der Waals surface area contributed by atoms with Crippen molar-refractivity contribution in [3.05, 3.63) is 52.9 Å². The Bertz CT molecular complexity index is 842. The van der Waals surface area contributed by atoms with Crippen molar-refractivity contribution >= 4 is 38.4 Å².